The van der Waals surface area contributed by atoms with Crippen LogP contribution < -0.4 is 4.90 Å². The molecule has 1 fully saturated rings. The first-order valence-corrected chi connectivity index (χ1v) is 8.38. The van der Waals surface area contributed by atoms with Crippen molar-refractivity contribution in [1.82, 2.24) is 9.78 Å². The molecule has 118 valence electrons. The number of hydrogen-bond donors (Lipinski definition) is 0. The van der Waals surface area contributed by atoms with Gasteiger partial charge < -0.3 is 4.90 Å². The van der Waals surface area contributed by atoms with Gasteiger partial charge in [0.15, 0.2) is 0 Å². The summed E-state index contributed by atoms with van der Waals surface area (Å²) in [6, 6.07) is 10.2. The van der Waals surface area contributed by atoms with Gasteiger partial charge >= 0.3 is 0 Å². The van der Waals surface area contributed by atoms with Crippen LogP contribution in [0.15, 0.2) is 42.0 Å². The highest BCUT2D eigenvalue weighted by Gasteiger charge is 2.29. The number of allylic oxidation sites excluding steroid dienone is 2. The van der Waals surface area contributed by atoms with Gasteiger partial charge in [0, 0.05) is 31.1 Å². The Hall–Kier alpha value is -2.36. The average Bonchev–Trinajstić information content (AvgIpc) is 2.96. The van der Waals surface area contributed by atoms with E-state index in [2.05, 4.69) is 17.0 Å². The molecule has 0 spiro atoms. The van der Waals surface area contributed by atoms with E-state index in [1.54, 1.807) is 10.8 Å². The molecule has 0 unspecified atom stereocenters. The molecular weight excluding hydrogens is 286 g/mol. The highest BCUT2D eigenvalue weighted by molar-refractivity contribution is 5.94. The number of carbonyl (C=O) groups is 1. The molecule has 0 radical (unpaired) electrons. The Morgan fingerprint density at radius 1 is 1.04 bits per heavy atom. The highest BCUT2D eigenvalue weighted by Crippen LogP contribution is 2.37. The van der Waals surface area contributed by atoms with E-state index in [-0.39, 0.29) is 5.91 Å². The van der Waals surface area contributed by atoms with Crippen LogP contribution in [0.5, 0.6) is 0 Å². The maximum atomic E-state index is 12.4. The van der Waals surface area contributed by atoms with E-state index in [1.165, 1.54) is 19.3 Å². The topological polar surface area (TPSA) is 38.1 Å². The van der Waals surface area contributed by atoms with Gasteiger partial charge in [0.1, 0.15) is 5.69 Å². The molecule has 0 saturated carbocycles. The Morgan fingerprint density at radius 3 is 2.52 bits per heavy atom. The molecule has 0 amide bonds. The van der Waals surface area contributed by atoms with Gasteiger partial charge in [0.2, 0.25) is 0 Å². The molecule has 4 nitrogen and oxygen atoms in total. The molecule has 1 saturated heterocycles. The number of rotatable bonds is 2. The fourth-order valence-electron chi connectivity index (χ4n) is 3.61. The quantitative estimate of drug-likeness (QED) is 0.849. The zero-order chi connectivity index (χ0) is 15.8. The summed E-state index contributed by atoms with van der Waals surface area (Å²) < 4.78 is 1.61. The standard InChI is InChI=1S/C19H21N3O/c1-14-12-16-19(21-10-6-3-7-11-21)18(15-8-4-2-5-9-15)20-22(16)17(23)13-14/h2,4-5,8-9,13H,3,6-7,10-12H2,1H3. The van der Waals surface area contributed by atoms with Crippen LogP contribution in [0.4, 0.5) is 5.69 Å². The Labute approximate surface area is 136 Å². The molecular formula is C19H21N3O. The predicted molar refractivity (Wildman–Crippen MR) is 91.8 cm³/mol. The average molecular weight is 307 g/mol. The molecule has 0 N–H and O–H groups in total. The van der Waals surface area contributed by atoms with Gasteiger partial charge in [-0.1, -0.05) is 35.9 Å². The lowest BCUT2D eigenvalue weighted by Crippen LogP contribution is -2.31. The second kappa shape index (κ2) is 5.69. The minimum absolute atomic E-state index is 0.0239. The van der Waals surface area contributed by atoms with Crippen LogP contribution >= 0.6 is 0 Å². The molecule has 1 aromatic carbocycles. The van der Waals surface area contributed by atoms with Crippen LogP contribution in [0.25, 0.3) is 11.3 Å². The molecule has 3 heterocycles. The van der Waals surface area contributed by atoms with Gasteiger partial charge in [-0.15, -0.1) is 0 Å². The second-order valence-corrected chi connectivity index (χ2v) is 6.48. The van der Waals surface area contributed by atoms with Crippen molar-refractivity contribution in [2.45, 2.75) is 32.6 Å². The van der Waals surface area contributed by atoms with E-state index in [0.29, 0.717) is 0 Å². The van der Waals surface area contributed by atoms with Crippen LogP contribution in [0.3, 0.4) is 0 Å². The first-order chi connectivity index (χ1) is 11.2. The number of fused-ring (bicyclic) bond motifs is 1. The van der Waals surface area contributed by atoms with E-state index in [0.717, 1.165) is 47.7 Å². The molecule has 4 heteroatoms. The number of benzene rings is 1. The number of carbonyl (C=O) groups excluding carboxylic acids is 1. The number of aromatic nitrogens is 2. The van der Waals surface area contributed by atoms with Gasteiger partial charge in [0.25, 0.3) is 5.91 Å². The monoisotopic (exact) mass is 307 g/mol. The highest BCUT2D eigenvalue weighted by atomic mass is 16.2. The summed E-state index contributed by atoms with van der Waals surface area (Å²) in [7, 11) is 0. The largest absolute Gasteiger partial charge is 0.368 e. The van der Waals surface area contributed by atoms with Crippen LogP contribution in [-0.4, -0.2) is 28.8 Å². The lowest BCUT2D eigenvalue weighted by atomic mass is 10.0. The molecule has 0 atom stereocenters. The third-order valence-corrected chi connectivity index (χ3v) is 4.70. The van der Waals surface area contributed by atoms with Crippen molar-refractivity contribution in [2.75, 3.05) is 18.0 Å². The van der Waals surface area contributed by atoms with Crippen molar-refractivity contribution in [3.8, 4) is 11.3 Å². The minimum Gasteiger partial charge on any atom is -0.368 e. The number of hydrogen-bond acceptors (Lipinski definition) is 3. The minimum atomic E-state index is -0.0239. The summed E-state index contributed by atoms with van der Waals surface area (Å²) in [6.45, 7) is 4.13. The van der Waals surface area contributed by atoms with E-state index < -0.39 is 0 Å². The normalized spacial score (nSPS) is 17.9. The Balaban J connectivity index is 1.89. The van der Waals surface area contributed by atoms with E-state index >= 15 is 0 Å². The van der Waals surface area contributed by atoms with Crippen molar-refractivity contribution in [1.29, 1.82) is 0 Å². The van der Waals surface area contributed by atoms with Gasteiger partial charge in [0.05, 0.1) is 11.4 Å². The zero-order valence-electron chi connectivity index (χ0n) is 13.5. The van der Waals surface area contributed by atoms with E-state index in [4.69, 9.17) is 5.10 Å². The zero-order valence-corrected chi connectivity index (χ0v) is 13.5. The summed E-state index contributed by atoms with van der Waals surface area (Å²) in [5.41, 5.74) is 5.35. The van der Waals surface area contributed by atoms with Crippen molar-refractivity contribution < 1.29 is 4.79 Å². The fourth-order valence-corrected chi connectivity index (χ4v) is 3.61. The smallest absolute Gasteiger partial charge is 0.271 e. The summed E-state index contributed by atoms with van der Waals surface area (Å²) >= 11 is 0. The fraction of sp³-hybridized carbons (Fsp3) is 0.368. The number of nitrogens with zero attached hydrogens (tertiary/aromatic N) is 3. The van der Waals surface area contributed by atoms with Crippen molar-refractivity contribution in [3.63, 3.8) is 0 Å². The maximum Gasteiger partial charge on any atom is 0.271 e. The van der Waals surface area contributed by atoms with E-state index in [9.17, 15) is 4.79 Å². The van der Waals surface area contributed by atoms with E-state index in [1.807, 2.05) is 25.1 Å². The molecule has 23 heavy (non-hydrogen) atoms. The van der Waals surface area contributed by atoms with Crippen molar-refractivity contribution in [2.24, 2.45) is 0 Å². The third kappa shape index (κ3) is 2.48. The summed E-state index contributed by atoms with van der Waals surface area (Å²) in [4.78, 5) is 14.8. The van der Waals surface area contributed by atoms with Gasteiger partial charge in [-0.2, -0.15) is 9.78 Å². The Morgan fingerprint density at radius 2 is 1.78 bits per heavy atom. The lowest BCUT2D eigenvalue weighted by molar-refractivity contribution is 0.0946. The summed E-state index contributed by atoms with van der Waals surface area (Å²) in [5, 5.41) is 4.69. The van der Waals surface area contributed by atoms with Gasteiger partial charge in [-0.05, 0) is 26.2 Å². The first-order valence-electron chi connectivity index (χ1n) is 8.38. The van der Waals surface area contributed by atoms with Gasteiger partial charge in [-0.3, -0.25) is 4.79 Å². The van der Waals surface area contributed by atoms with Crippen LogP contribution in [0.2, 0.25) is 0 Å². The predicted octanol–water partition coefficient (Wildman–Crippen LogP) is 3.68. The number of anilines is 1. The maximum absolute atomic E-state index is 12.4. The lowest BCUT2D eigenvalue weighted by Gasteiger charge is -2.30. The summed E-state index contributed by atoms with van der Waals surface area (Å²) in [5.74, 6) is -0.0239. The van der Waals surface area contributed by atoms with Crippen LogP contribution in [0, 0.1) is 0 Å². The summed E-state index contributed by atoms with van der Waals surface area (Å²) in [6.07, 6.45) is 6.22. The third-order valence-electron chi connectivity index (χ3n) is 4.70. The molecule has 4 rings (SSSR count). The first kappa shape index (κ1) is 14.2. The van der Waals surface area contributed by atoms with Crippen molar-refractivity contribution >= 4 is 11.6 Å². The second-order valence-electron chi connectivity index (χ2n) is 6.48. The molecule has 2 aromatic rings. The Kier molecular flexibility index (Phi) is 3.52. The van der Waals surface area contributed by atoms with Gasteiger partial charge in [-0.25, -0.2) is 0 Å². The SMILES string of the molecule is CC1=CC(=O)n2nc(-c3ccccc3)c(N3CCCCC3)c2C1. The Bertz CT molecular complexity index is 767. The molecule has 1 aromatic heterocycles. The molecule has 2 aliphatic heterocycles. The number of piperidine rings is 1. The van der Waals surface area contributed by atoms with Crippen LogP contribution in [0.1, 0.15) is 36.7 Å². The molecule has 0 aliphatic carbocycles. The van der Waals surface area contributed by atoms with Crippen molar-refractivity contribution in [3.05, 3.63) is 47.7 Å². The van der Waals surface area contributed by atoms with Crippen LogP contribution in [-0.2, 0) is 6.42 Å². The molecule has 0 bridgehead atoms. The molecule has 2 aliphatic rings.